The number of rotatable bonds is 3. The van der Waals surface area contributed by atoms with E-state index in [1.165, 1.54) is 0 Å². The molecule has 0 spiro atoms. The minimum atomic E-state index is 0.0553. The highest BCUT2D eigenvalue weighted by Crippen LogP contribution is 2.24. The van der Waals surface area contributed by atoms with E-state index in [1.807, 2.05) is 4.90 Å². The fourth-order valence-corrected chi connectivity index (χ4v) is 2.07. The summed E-state index contributed by atoms with van der Waals surface area (Å²) in [5.74, 6) is 1.56. The Morgan fingerprint density at radius 3 is 2.18 bits per heavy atom. The van der Waals surface area contributed by atoms with Crippen LogP contribution in [0.25, 0.3) is 0 Å². The molecule has 0 aliphatic carbocycles. The maximum atomic E-state index is 11.8. The summed E-state index contributed by atoms with van der Waals surface area (Å²) >= 11 is 0. The van der Waals surface area contributed by atoms with Gasteiger partial charge in [-0.1, -0.05) is 20.4 Å². The van der Waals surface area contributed by atoms with Crippen LogP contribution < -0.4 is 5.32 Å². The van der Waals surface area contributed by atoms with Crippen molar-refractivity contribution >= 4 is 12.6 Å². The number of carbonyl (C=O) groups excluding carboxylic acids is 1. The van der Waals surface area contributed by atoms with Crippen LogP contribution in [0.2, 0.25) is 0 Å². The number of hydrogen-bond acceptors (Lipinski definition) is 3. The molecule has 0 unspecified atom stereocenters. The highest BCUT2D eigenvalue weighted by molar-refractivity contribution is 5.92. The highest BCUT2D eigenvalue weighted by Gasteiger charge is 2.25. The van der Waals surface area contributed by atoms with Gasteiger partial charge in [-0.3, -0.25) is 4.79 Å². The first-order valence-corrected chi connectivity index (χ1v) is 6.07. The molecule has 1 saturated heterocycles. The quantitative estimate of drug-likeness (QED) is 0.583. The summed E-state index contributed by atoms with van der Waals surface area (Å²) in [5.41, 5.74) is 0.498. The number of hydrogen-bond donors (Lipinski definition) is 2. The number of amides is 1. The molecule has 0 bridgehead atoms. The molecule has 0 atom stereocenters. The molecule has 1 fully saturated rings. The van der Waals surface area contributed by atoms with Gasteiger partial charge in [0.25, 0.3) is 5.91 Å². The van der Waals surface area contributed by atoms with E-state index >= 15 is 0 Å². The van der Waals surface area contributed by atoms with E-state index in [-0.39, 0.29) is 5.91 Å². The molecule has 1 aliphatic rings. The molecule has 0 saturated carbocycles. The van der Waals surface area contributed by atoms with Crippen LogP contribution in [-0.2, 0) is 4.79 Å². The zero-order valence-corrected chi connectivity index (χ0v) is 11.3. The minimum Gasteiger partial charge on any atom is -0.384 e. The van der Waals surface area contributed by atoms with Crippen LogP contribution in [0.3, 0.4) is 0 Å². The molecule has 2 N–H and O–H groups in total. The third kappa shape index (κ3) is 4.59. The average Bonchev–Trinajstić information content (AvgIpc) is 2.39. The van der Waals surface area contributed by atoms with Crippen LogP contribution in [0, 0.1) is 17.2 Å². The number of likely N-dealkylation sites (N-methyl/N-ethyl adjacent to an activating group) is 1. The molecule has 4 nitrogen and oxygen atoms in total. The summed E-state index contributed by atoms with van der Waals surface area (Å²) in [6.45, 7) is 12.5. The lowest BCUT2D eigenvalue weighted by Crippen LogP contribution is -2.41. The second-order valence-corrected chi connectivity index (χ2v) is 4.60. The van der Waals surface area contributed by atoms with Crippen LogP contribution >= 0.6 is 0 Å². The second-order valence-electron chi connectivity index (χ2n) is 4.60. The Morgan fingerprint density at radius 1 is 1.35 bits per heavy atom. The van der Waals surface area contributed by atoms with Crippen molar-refractivity contribution in [2.24, 2.45) is 11.8 Å². The molecule has 0 aromatic carbocycles. The Hall–Kier alpha value is -1.32. The second kappa shape index (κ2) is 7.87. The Balaban J connectivity index is 0.00000121. The van der Waals surface area contributed by atoms with Gasteiger partial charge < -0.3 is 15.6 Å². The van der Waals surface area contributed by atoms with Gasteiger partial charge in [0, 0.05) is 20.1 Å². The van der Waals surface area contributed by atoms with Gasteiger partial charge >= 0.3 is 0 Å². The van der Waals surface area contributed by atoms with E-state index < -0.39 is 0 Å². The van der Waals surface area contributed by atoms with E-state index in [9.17, 15) is 4.79 Å². The van der Waals surface area contributed by atoms with Crippen LogP contribution in [0.1, 0.15) is 26.7 Å². The molecule has 0 aromatic rings. The third-order valence-corrected chi connectivity index (χ3v) is 3.33. The number of nitrogens with one attached hydrogen (secondary N) is 2. The Morgan fingerprint density at radius 2 is 1.82 bits per heavy atom. The predicted molar refractivity (Wildman–Crippen MR) is 72.2 cm³/mol. The molecule has 4 heteroatoms. The van der Waals surface area contributed by atoms with Crippen molar-refractivity contribution in [1.82, 2.24) is 10.2 Å². The molecule has 1 aliphatic heterocycles. The summed E-state index contributed by atoms with van der Waals surface area (Å²) in [6, 6.07) is 0. The molecule has 0 aromatic heterocycles. The number of piperidine rings is 1. The zero-order valence-electron chi connectivity index (χ0n) is 11.3. The lowest BCUT2D eigenvalue weighted by Gasteiger charge is -2.34. The molecule has 17 heavy (non-hydrogen) atoms. The van der Waals surface area contributed by atoms with Crippen LogP contribution in [0.15, 0.2) is 12.3 Å². The van der Waals surface area contributed by atoms with E-state index in [2.05, 4.69) is 32.5 Å². The average molecular weight is 239 g/mol. The molecule has 98 valence electrons. The van der Waals surface area contributed by atoms with Gasteiger partial charge in [0.2, 0.25) is 0 Å². The van der Waals surface area contributed by atoms with E-state index in [0.717, 1.165) is 37.8 Å². The highest BCUT2D eigenvalue weighted by atomic mass is 16.2. The van der Waals surface area contributed by atoms with E-state index in [1.54, 1.807) is 7.05 Å². The van der Waals surface area contributed by atoms with Crippen LogP contribution in [-0.4, -0.2) is 37.7 Å². The SMILES string of the molecule is C=C(NC)C(=O)N1CCC(C(C)C)CC1.C=N. The van der Waals surface area contributed by atoms with Gasteiger partial charge in [0.1, 0.15) is 0 Å². The van der Waals surface area contributed by atoms with Crippen molar-refractivity contribution < 1.29 is 4.79 Å². The van der Waals surface area contributed by atoms with Gasteiger partial charge in [0.15, 0.2) is 0 Å². The Bertz CT molecular complexity index is 255. The number of nitrogens with zero attached hydrogens (tertiary/aromatic N) is 1. The molecular formula is C13H25N3O. The van der Waals surface area contributed by atoms with Crippen LogP contribution in [0.5, 0.6) is 0 Å². The van der Waals surface area contributed by atoms with Gasteiger partial charge in [-0.2, -0.15) is 0 Å². The summed E-state index contributed by atoms with van der Waals surface area (Å²) in [7, 11) is 1.74. The number of carbonyl (C=O) groups is 1. The minimum absolute atomic E-state index is 0.0553. The van der Waals surface area contributed by atoms with Gasteiger partial charge in [0.05, 0.1) is 5.70 Å². The van der Waals surface area contributed by atoms with Crippen molar-refractivity contribution in [3.05, 3.63) is 12.3 Å². The third-order valence-electron chi connectivity index (χ3n) is 3.33. The zero-order chi connectivity index (χ0) is 13.4. The molecule has 1 amide bonds. The Labute approximate surface area is 105 Å². The molecule has 1 rings (SSSR count). The van der Waals surface area contributed by atoms with Crippen LogP contribution in [0.4, 0.5) is 0 Å². The fraction of sp³-hybridized carbons (Fsp3) is 0.692. The first kappa shape index (κ1) is 15.7. The normalized spacial score (nSPS) is 16.1. The smallest absolute Gasteiger partial charge is 0.269 e. The van der Waals surface area contributed by atoms with Crippen molar-refractivity contribution in [3.63, 3.8) is 0 Å². The fourth-order valence-electron chi connectivity index (χ4n) is 2.07. The van der Waals surface area contributed by atoms with Crippen molar-refractivity contribution in [3.8, 4) is 0 Å². The topological polar surface area (TPSA) is 56.2 Å². The monoisotopic (exact) mass is 239 g/mol. The van der Waals surface area contributed by atoms with Gasteiger partial charge in [-0.25, -0.2) is 0 Å². The standard InChI is InChI=1S/C12H22N2O.CH3N/c1-9(2)11-5-7-14(8-6-11)12(15)10(3)13-4;1-2/h9,11,13H,3,5-8H2,1-2,4H3;2H,1H2. The van der Waals surface area contributed by atoms with Gasteiger partial charge in [-0.15, -0.1) is 0 Å². The predicted octanol–water partition coefficient (Wildman–Crippen LogP) is 1.88. The molecular weight excluding hydrogens is 214 g/mol. The Kier molecular flexibility index (Phi) is 7.26. The first-order chi connectivity index (χ1) is 8.06. The first-order valence-electron chi connectivity index (χ1n) is 6.07. The van der Waals surface area contributed by atoms with Crippen molar-refractivity contribution in [2.75, 3.05) is 20.1 Å². The maximum absolute atomic E-state index is 11.8. The largest absolute Gasteiger partial charge is 0.384 e. The lowest BCUT2D eigenvalue weighted by molar-refractivity contribution is -0.129. The summed E-state index contributed by atoms with van der Waals surface area (Å²) < 4.78 is 0. The maximum Gasteiger partial charge on any atom is 0.269 e. The lowest BCUT2D eigenvalue weighted by atomic mass is 9.86. The van der Waals surface area contributed by atoms with E-state index in [0.29, 0.717) is 5.70 Å². The summed E-state index contributed by atoms with van der Waals surface area (Å²) in [4.78, 5) is 13.7. The summed E-state index contributed by atoms with van der Waals surface area (Å²) in [6.07, 6.45) is 2.25. The summed E-state index contributed by atoms with van der Waals surface area (Å²) in [5, 5.41) is 8.31. The molecule has 1 heterocycles. The van der Waals surface area contributed by atoms with Gasteiger partial charge in [-0.05, 0) is 31.4 Å². The van der Waals surface area contributed by atoms with Crippen molar-refractivity contribution in [1.29, 1.82) is 5.41 Å². The van der Waals surface area contributed by atoms with Crippen molar-refractivity contribution in [2.45, 2.75) is 26.7 Å². The number of likely N-dealkylation sites (tertiary alicyclic amines) is 1. The molecule has 0 radical (unpaired) electrons. The van der Waals surface area contributed by atoms with E-state index in [4.69, 9.17) is 5.41 Å².